The quantitative estimate of drug-likeness (QED) is 0.785. The second-order valence-corrected chi connectivity index (χ2v) is 4.05. The predicted octanol–water partition coefficient (Wildman–Crippen LogP) is 3.43. The molecular formula is C15H14O2. The SMILES string of the molecule is Cc1ccc(/C=C/c2cc(=O)cc(C)o2)cc1. The highest BCUT2D eigenvalue weighted by atomic mass is 16.3. The van der Waals surface area contributed by atoms with Crippen LogP contribution in [-0.2, 0) is 0 Å². The van der Waals surface area contributed by atoms with E-state index in [9.17, 15) is 4.79 Å². The fourth-order valence-corrected chi connectivity index (χ4v) is 1.57. The number of aryl methyl sites for hydroxylation is 2. The lowest BCUT2D eigenvalue weighted by molar-refractivity contribution is 0.505. The van der Waals surface area contributed by atoms with Gasteiger partial charge in [0.2, 0.25) is 0 Å². The molecular weight excluding hydrogens is 212 g/mol. The Bertz CT molecular complexity index is 589. The van der Waals surface area contributed by atoms with E-state index in [2.05, 4.69) is 0 Å². The molecule has 0 N–H and O–H groups in total. The summed E-state index contributed by atoms with van der Waals surface area (Å²) in [6, 6.07) is 11.1. The molecule has 0 saturated carbocycles. The summed E-state index contributed by atoms with van der Waals surface area (Å²) in [6.07, 6.45) is 3.73. The lowest BCUT2D eigenvalue weighted by atomic mass is 10.1. The van der Waals surface area contributed by atoms with Crippen molar-refractivity contribution in [1.82, 2.24) is 0 Å². The molecule has 0 aliphatic carbocycles. The Labute approximate surface area is 100 Å². The Morgan fingerprint density at radius 3 is 2.35 bits per heavy atom. The average molecular weight is 226 g/mol. The highest BCUT2D eigenvalue weighted by Crippen LogP contribution is 2.09. The van der Waals surface area contributed by atoms with Crippen LogP contribution in [0, 0.1) is 13.8 Å². The van der Waals surface area contributed by atoms with Crippen LogP contribution in [0.2, 0.25) is 0 Å². The van der Waals surface area contributed by atoms with Gasteiger partial charge in [0.05, 0.1) is 0 Å². The third kappa shape index (κ3) is 3.18. The van der Waals surface area contributed by atoms with E-state index in [1.165, 1.54) is 17.7 Å². The summed E-state index contributed by atoms with van der Waals surface area (Å²) in [5.74, 6) is 1.21. The molecule has 1 aromatic heterocycles. The first-order valence-electron chi connectivity index (χ1n) is 5.50. The van der Waals surface area contributed by atoms with Crippen LogP contribution in [0.4, 0.5) is 0 Å². The van der Waals surface area contributed by atoms with E-state index in [-0.39, 0.29) is 5.43 Å². The molecule has 0 atom stereocenters. The normalized spacial score (nSPS) is 10.9. The third-order valence-corrected chi connectivity index (χ3v) is 2.43. The molecule has 2 heteroatoms. The van der Waals surface area contributed by atoms with Gasteiger partial charge < -0.3 is 4.42 Å². The minimum absolute atomic E-state index is 0.0303. The van der Waals surface area contributed by atoms with Crippen molar-refractivity contribution >= 4 is 12.2 Å². The van der Waals surface area contributed by atoms with Crippen LogP contribution in [0.3, 0.4) is 0 Å². The molecule has 0 bridgehead atoms. The number of hydrogen-bond donors (Lipinski definition) is 0. The van der Waals surface area contributed by atoms with Gasteiger partial charge in [-0.2, -0.15) is 0 Å². The molecule has 0 fully saturated rings. The molecule has 0 unspecified atom stereocenters. The van der Waals surface area contributed by atoms with Gasteiger partial charge in [0.25, 0.3) is 0 Å². The van der Waals surface area contributed by atoms with Crippen molar-refractivity contribution in [2.75, 3.05) is 0 Å². The van der Waals surface area contributed by atoms with Crippen molar-refractivity contribution in [2.45, 2.75) is 13.8 Å². The first-order chi connectivity index (χ1) is 8.13. The van der Waals surface area contributed by atoms with Crippen molar-refractivity contribution in [2.24, 2.45) is 0 Å². The largest absolute Gasteiger partial charge is 0.462 e. The Morgan fingerprint density at radius 2 is 1.71 bits per heavy atom. The molecule has 17 heavy (non-hydrogen) atoms. The smallest absolute Gasteiger partial charge is 0.185 e. The van der Waals surface area contributed by atoms with E-state index in [1.807, 2.05) is 37.3 Å². The van der Waals surface area contributed by atoms with Crippen LogP contribution >= 0.6 is 0 Å². The summed E-state index contributed by atoms with van der Waals surface area (Å²) < 4.78 is 5.42. The van der Waals surface area contributed by atoms with Gasteiger partial charge >= 0.3 is 0 Å². The second kappa shape index (κ2) is 4.83. The van der Waals surface area contributed by atoms with Crippen LogP contribution < -0.4 is 5.43 Å². The Kier molecular flexibility index (Phi) is 3.24. The van der Waals surface area contributed by atoms with E-state index in [0.717, 1.165) is 5.56 Å². The fourth-order valence-electron chi connectivity index (χ4n) is 1.57. The molecule has 0 spiro atoms. The van der Waals surface area contributed by atoms with E-state index < -0.39 is 0 Å². The zero-order valence-electron chi connectivity index (χ0n) is 9.94. The van der Waals surface area contributed by atoms with Crippen molar-refractivity contribution in [3.63, 3.8) is 0 Å². The summed E-state index contributed by atoms with van der Waals surface area (Å²) >= 11 is 0. The summed E-state index contributed by atoms with van der Waals surface area (Å²) in [5, 5.41) is 0. The fraction of sp³-hybridized carbons (Fsp3) is 0.133. The maximum atomic E-state index is 11.3. The van der Waals surface area contributed by atoms with Crippen LogP contribution in [-0.4, -0.2) is 0 Å². The van der Waals surface area contributed by atoms with Crippen molar-refractivity contribution < 1.29 is 4.42 Å². The van der Waals surface area contributed by atoms with Crippen molar-refractivity contribution in [3.05, 3.63) is 69.3 Å². The topological polar surface area (TPSA) is 30.2 Å². The van der Waals surface area contributed by atoms with Gasteiger partial charge in [-0.15, -0.1) is 0 Å². The van der Waals surface area contributed by atoms with Gasteiger partial charge in [-0.05, 0) is 25.5 Å². The van der Waals surface area contributed by atoms with Gasteiger partial charge in [0.1, 0.15) is 11.5 Å². The minimum atomic E-state index is -0.0303. The first kappa shape index (κ1) is 11.4. The predicted molar refractivity (Wildman–Crippen MR) is 69.8 cm³/mol. The zero-order chi connectivity index (χ0) is 12.3. The molecule has 0 amide bonds. The molecule has 0 aliphatic rings. The number of hydrogen-bond acceptors (Lipinski definition) is 2. The molecule has 1 aromatic carbocycles. The van der Waals surface area contributed by atoms with E-state index in [1.54, 1.807) is 13.0 Å². The average Bonchev–Trinajstić information content (AvgIpc) is 2.27. The van der Waals surface area contributed by atoms with Crippen LogP contribution in [0.25, 0.3) is 12.2 Å². The second-order valence-electron chi connectivity index (χ2n) is 4.05. The van der Waals surface area contributed by atoms with Crippen LogP contribution in [0.1, 0.15) is 22.6 Å². The van der Waals surface area contributed by atoms with Gasteiger partial charge in [-0.25, -0.2) is 0 Å². The van der Waals surface area contributed by atoms with Gasteiger partial charge in [0.15, 0.2) is 5.43 Å². The van der Waals surface area contributed by atoms with Gasteiger partial charge in [-0.3, -0.25) is 4.79 Å². The monoisotopic (exact) mass is 226 g/mol. The highest BCUT2D eigenvalue weighted by Gasteiger charge is 1.95. The molecule has 0 aliphatic heterocycles. The molecule has 2 nitrogen and oxygen atoms in total. The Morgan fingerprint density at radius 1 is 1.00 bits per heavy atom. The molecule has 2 aromatic rings. The lowest BCUT2D eigenvalue weighted by Gasteiger charge is -1.96. The van der Waals surface area contributed by atoms with Gasteiger partial charge in [-0.1, -0.05) is 35.9 Å². The summed E-state index contributed by atoms with van der Waals surface area (Å²) in [7, 11) is 0. The van der Waals surface area contributed by atoms with Crippen LogP contribution in [0.15, 0.2) is 45.6 Å². The highest BCUT2D eigenvalue weighted by molar-refractivity contribution is 5.67. The van der Waals surface area contributed by atoms with E-state index >= 15 is 0 Å². The minimum Gasteiger partial charge on any atom is -0.462 e. The lowest BCUT2D eigenvalue weighted by Crippen LogP contribution is -1.97. The summed E-state index contributed by atoms with van der Waals surface area (Å²) in [5.41, 5.74) is 2.28. The van der Waals surface area contributed by atoms with E-state index in [0.29, 0.717) is 11.5 Å². The van der Waals surface area contributed by atoms with Crippen molar-refractivity contribution in [3.8, 4) is 0 Å². The Hall–Kier alpha value is -2.09. The molecule has 0 radical (unpaired) electrons. The summed E-state index contributed by atoms with van der Waals surface area (Å²) in [4.78, 5) is 11.3. The standard InChI is InChI=1S/C15H14O2/c1-11-3-5-13(6-4-11)7-8-15-10-14(16)9-12(2)17-15/h3-10H,1-2H3/b8-7+. The molecule has 0 saturated heterocycles. The maximum absolute atomic E-state index is 11.3. The van der Waals surface area contributed by atoms with Crippen LogP contribution in [0.5, 0.6) is 0 Å². The molecule has 2 rings (SSSR count). The maximum Gasteiger partial charge on any atom is 0.185 e. The molecule has 86 valence electrons. The van der Waals surface area contributed by atoms with Crippen molar-refractivity contribution in [1.29, 1.82) is 0 Å². The Balaban J connectivity index is 2.25. The van der Waals surface area contributed by atoms with E-state index in [4.69, 9.17) is 4.42 Å². The summed E-state index contributed by atoms with van der Waals surface area (Å²) in [6.45, 7) is 3.82. The number of rotatable bonds is 2. The van der Waals surface area contributed by atoms with Gasteiger partial charge in [0, 0.05) is 12.1 Å². The number of benzene rings is 1. The zero-order valence-corrected chi connectivity index (χ0v) is 9.94. The molecule has 1 heterocycles. The first-order valence-corrected chi connectivity index (χ1v) is 5.50. The third-order valence-electron chi connectivity index (χ3n) is 2.43.